The minimum atomic E-state index is -3.65. The number of nitrogens with zero attached hydrogens (tertiary/aromatic N) is 3. The predicted molar refractivity (Wildman–Crippen MR) is 123 cm³/mol. The molecule has 1 aromatic heterocycles. The highest BCUT2D eigenvalue weighted by Crippen LogP contribution is 2.32. The Morgan fingerprint density at radius 3 is 2.51 bits per heavy atom. The van der Waals surface area contributed by atoms with Gasteiger partial charge in [-0.25, -0.2) is 31.0 Å². The summed E-state index contributed by atoms with van der Waals surface area (Å²) in [7, 11) is -3.65. The van der Waals surface area contributed by atoms with Gasteiger partial charge in [0.05, 0.1) is 28.6 Å². The molecule has 2 aliphatic rings. The molecule has 2 fully saturated rings. The van der Waals surface area contributed by atoms with Crippen LogP contribution in [0.3, 0.4) is 0 Å². The first kappa shape index (κ1) is 24.5. The normalized spacial score (nSPS) is 19.3. The van der Waals surface area contributed by atoms with E-state index in [-0.39, 0.29) is 22.3 Å². The summed E-state index contributed by atoms with van der Waals surface area (Å²) in [5, 5.41) is 0.413. The van der Waals surface area contributed by atoms with Crippen LogP contribution in [0.5, 0.6) is 0 Å². The van der Waals surface area contributed by atoms with Gasteiger partial charge in [-0.05, 0) is 49.9 Å². The van der Waals surface area contributed by atoms with Crippen LogP contribution in [0.15, 0.2) is 34.3 Å². The molecule has 188 valence electrons. The summed E-state index contributed by atoms with van der Waals surface area (Å²) in [5.41, 5.74) is 0.766. The van der Waals surface area contributed by atoms with Crippen LogP contribution in [0.1, 0.15) is 31.2 Å². The zero-order chi connectivity index (χ0) is 24.7. The monoisotopic (exact) mass is 529 g/mol. The van der Waals surface area contributed by atoms with Crippen molar-refractivity contribution in [2.75, 3.05) is 19.7 Å². The van der Waals surface area contributed by atoms with E-state index >= 15 is 0 Å². The fourth-order valence-electron chi connectivity index (χ4n) is 4.47. The van der Waals surface area contributed by atoms with Gasteiger partial charge in [0.2, 0.25) is 10.0 Å². The highest BCUT2D eigenvalue weighted by atomic mass is 32.2. The van der Waals surface area contributed by atoms with Crippen LogP contribution < -0.4 is 0 Å². The lowest BCUT2D eigenvalue weighted by Gasteiger charge is -2.16. The molecule has 12 heteroatoms. The van der Waals surface area contributed by atoms with Gasteiger partial charge in [0.15, 0.2) is 28.4 Å². The number of imidazole rings is 1. The summed E-state index contributed by atoms with van der Waals surface area (Å²) in [6.07, 6.45) is 3.32. The van der Waals surface area contributed by atoms with Gasteiger partial charge in [0.25, 0.3) is 0 Å². The van der Waals surface area contributed by atoms with E-state index in [4.69, 9.17) is 4.74 Å². The Bertz CT molecular complexity index is 1370. The van der Waals surface area contributed by atoms with Crippen molar-refractivity contribution < 1.29 is 30.7 Å². The molecule has 2 saturated heterocycles. The average Bonchev–Trinajstić information content (AvgIpc) is 3.61. The molecule has 2 aromatic carbocycles. The molecular weight excluding hydrogens is 506 g/mol. The van der Waals surface area contributed by atoms with Gasteiger partial charge in [-0.2, -0.15) is 4.31 Å². The first-order valence-electron chi connectivity index (χ1n) is 11.3. The molecule has 1 unspecified atom stereocenters. The fourth-order valence-corrected chi connectivity index (χ4v) is 7.00. The van der Waals surface area contributed by atoms with Crippen LogP contribution >= 0.6 is 11.8 Å². The SMILES string of the molecule is O=S(=O)(c1ccc2c(c1)nc(SCc1cc(F)c(F)c(F)c1F)n2CC1CCCO1)N1CCCC1. The molecule has 0 bridgehead atoms. The highest BCUT2D eigenvalue weighted by Gasteiger charge is 2.28. The van der Waals surface area contributed by atoms with Crippen LogP contribution in [0, 0.1) is 23.3 Å². The molecule has 0 saturated carbocycles. The molecule has 5 rings (SSSR count). The third kappa shape index (κ3) is 4.68. The number of halogens is 4. The van der Waals surface area contributed by atoms with Crippen molar-refractivity contribution in [3.05, 3.63) is 53.1 Å². The smallest absolute Gasteiger partial charge is 0.243 e. The minimum absolute atomic E-state index is 0.0720. The number of aromatic nitrogens is 2. The van der Waals surface area contributed by atoms with Crippen molar-refractivity contribution in [2.24, 2.45) is 0 Å². The van der Waals surface area contributed by atoms with Gasteiger partial charge in [-0.15, -0.1) is 0 Å². The second-order valence-electron chi connectivity index (χ2n) is 8.65. The molecule has 2 aliphatic heterocycles. The number of benzene rings is 2. The second-order valence-corrected chi connectivity index (χ2v) is 11.5. The molecule has 35 heavy (non-hydrogen) atoms. The summed E-state index contributed by atoms with van der Waals surface area (Å²) in [6.45, 7) is 2.03. The fraction of sp³-hybridized carbons (Fsp3) is 0.435. The van der Waals surface area contributed by atoms with E-state index < -0.39 is 33.3 Å². The topological polar surface area (TPSA) is 64.4 Å². The maximum Gasteiger partial charge on any atom is 0.243 e. The van der Waals surface area contributed by atoms with Crippen LogP contribution in [0.2, 0.25) is 0 Å². The van der Waals surface area contributed by atoms with Crippen LogP contribution in [0.25, 0.3) is 11.0 Å². The van der Waals surface area contributed by atoms with Crippen molar-refractivity contribution in [3.63, 3.8) is 0 Å². The number of ether oxygens (including phenoxy) is 1. The van der Waals surface area contributed by atoms with Gasteiger partial charge in [0, 0.05) is 31.0 Å². The minimum Gasteiger partial charge on any atom is -0.376 e. The number of fused-ring (bicyclic) bond motifs is 1. The number of thioether (sulfide) groups is 1. The molecule has 0 N–H and O–H groups in total. The summed E-state index contributed by atoms with van der Waals surface area (Å²) in [5.74, 6) is -6.83. The lowest BCUT2D eigenvalue weighted by atomic mass is 10.2. The van der Waals surface area contributed by atoms with E-state index in [2.05, 4.69) is 4.98 Å². The van der Waals surface area contributed by atoms with E-state index in [0.717, 1.165) is 37.4 Å². The Hall–Kier alpha value is -2.15. The maximum absolute atomic E-state index is 14.2. The number of hydrogen-bond donors (Lipinski definition) is 0. The van der Waals surface area contributed by atoms with E-state index in [1.54, 1.807) is 12.1 Å². The Kier molecular flexibility index (Phi) is 6.81. The molecule has 3 heterocycles. The predicted octanol–water partition coefficient (Wildman–Crippen LogP) is 4.85. The zero-order valence-electron chi connectivity index (χ0n) is 18.6. The zero-order valence-corrected chi connectivity index (χ0v) is 20.3. The Labute approximate surface area is 204 Å². The van der Waals surface area contributed by atoms with Crippen molar-refractivity contribution in [3.8, 4) is 0 Å². The summed E-state index contributed by atoms with van der Waals surface area (Å²) in [6, 6.07) is 5.37. The molecule has 0 amide bonds. The first-order chi connectivity index (χ1) is 16.8. The standard InChI is InChI=1S/C23H23F4N3O3S2/c24-17-10-14(20(25)22(27)21(17)26)13-34-23-28-18-11-16(35(31,32)29-7-1-2-8-29)5-6-19(18)30(23)12-15-4-3-9-33-15/h5-6,10-11,15H,1-4,7-9,12-13H2. The van der Waals surface area contributed by atoms with Crippen molar-refractivity contribution in [2.45, 2.75) is 54.1 Å². The third-order valence-corrected chi connectivity index (χ3v) is 9.25. The molecule has 3 aromatic rings. The molecule has 6 nitrogen and oxygen atoms in total. The first-order valence-corrected chi connectivity index (χ1v) is 13.7. The van der Waals surface area contributed by atoms with E-state index in [1.807, 2.05) is 4.57 Å². The van der Waals surface area contributed by atoms with E-state index in [9.17, 15) is 26.0 Å². The quantitative estimate of drug-likeness (QED) is 0.190. The molecule has 0 aliphatic carbocycles. The Morgan fingerprint density at radius 2 is 1.80 bits per heavy atom. The Balaban J connectivity index is 1.50. The third-order valence-electron chi connectivity index (χ3n) is 6.33. The highest BCUT2D eigenvalue weighted by molar-refractivity contribution is 7.98. The van der Waals surface area contributed by atoms with Gasteiger partial charge >= 0.3 is 0 Å². The Morgan fingerprint density at radius 1 is 1.03 bits per heavy atom. The molecule has 1 atom stereocenters. The van der Waals surface area contributed by atoms with E-state index in [1.165, 1.54) is 10.4 Å². The number of sulfonamides is 1. The lowest BCUT2D eigenvalue weighted by Crippen LogP contribution is -2.27. The largest absolute Gasteiger partial charge is 0.376 e. The summed E-state index contributed by atoms with van der Waals surface area (Å²) < 4.78 is 89.9. The number of rotatable bonds is 7. The van der Waals surface area contributed by atoms with Crippen LogP contribution in [-0.4, -0.2) is 48.1 Å². The summed E-state index contributed by atoms with van der Waals surface area (Å²) >= 11 is 1.03. The van der Waals surface area contributed by atoms with Crippen molar-refractivity contribution >= 4 is 32.8 Å². The molecule has 0 radical (unpaired) electrons. The lowest BCUT2D eigenvalue weighted by molar-refractivity contribution is 0.0960. The van der Waals surface area contributed by atoms with Gasteiger partial charge in [-0.3, -0.25) is 0 Å². The van der Waals surface area contributed by atoms with Crippen molar-refractivity contribution in [1.82, 2.24) is 13.9 Å². The van der Waals surface area contributed by atoms with Gasteiger partial charge < -0.3 is 9.30 Å². The van der Waals surface area contributed by atoms with Crippen LogP contribution in [0.4, 0.5) is 17.6 Å². The van der Waals surface area contributed by atoms with Gasteiger partial charge in [-0.1, -0.05) is 11.8 Å². The average molecular weight is 530 g/mol. The van der Waals surface area contributed by atoms with E-state index in [0.29, 0.717) is 48.5 Å². The maximum atomic E-state index is 14.2. The number of hydrogen-bond acceptors (Lipinski definition) is 5. The van der Waals surface area contributed by atoms with Crippen LogP contribution in [-0.2, 0) is 27.1 Å². The summed E-state index contributed by atoms with van der Waals surface area (Å²) in [4.78, 5) is 4.70. The van der Waals surface area contributed by atoms with Gasteiger partial charge in [0.1, 0.15) is 0 Å². The van der Waals surface area contributed by atoms with Crippen molar-refractivity contribution in [1.29, 1.82) is 0 Å². The molecular formula is C23H23F4N3O3S2. The molecule has 0 spiro atoms. The second kappa shape index (κ2) is 9.72.